The van der Waals surface area contributed by atoms with E-state index in [1.54, 1.807) is 0 Å². The maximum atomic E-state index is 2.39. The van der Waals surface area contributed by atoms with Crippen LogP contribution >= 0.6 is 0 Å². The molecular weight excluding hydrogens is 158 g/mol. The molecule has 0 amide bonds. The predicted molar refractivity (Wildman–Crippen MR) is 61.1 cm³/mol. The third-order valence-electron chi connectivity index (χ3n) is 2.76. The van der Waals surface area contributed by atoms with E-state index in [-0.39, 0.29) is 0 Å². The molecule has 0 bridgehead atoms. The molecule has 0 aliphatic heterocycles. The van der Waals surface area contributed by atoms with E-state index >= 15 is 0 Å². The van der Waals surface area contributed by atoms with Gasteiger partial charge in [0.1, 0.15) is 0 Å². The fraction of sp³-hybridized carbons (Fsp3) is 1.00. The van der Waals surface area contributed by atoms with Crippen LogP contribution in [0.15, 0.2) is 0 Å². The fourth-order valence-electron chi connectivity index (χ4n) is 1.73. The van der Waals surface area contributed by atoms with Gasteiger partial charge in [-0.05, 0) is 26.9 Å². The number of hydrogen-bond acceptors (Lipinski definition) is 1. The van der Waals surface area contributed by atoms with E-state index < -0.39 is 0 Å². The standard InChI is InChI=1S/C12H27N/c1-5-7-9-11-12(13(3)4)10-8-6-2/h12H,5-11H2,1-4H3. The van der Waals surface area contributed by atoms with Gasteiger partial charge >= 0.3 is 0 Å². The van der Waals surface area contributed by atoms with Crippen LogP contribution in [-0.2, 0) is 0 Å². The maximum Gasteiger partial charge on any atom is 0.00891 e. The van der Waals surface area contributed by atoms with Gasteiger partial charge in [0.2, 0.25) is 0 Å². The van der Waals surface area contributed by atoms with Crippen LogP contribution in [0.1, 0.15) is 58.8 Å². The van der Waals surface area contributed by atoms with Crippen molar-refractivity contribution >= 4 is 0 Å². The molecule has 0 saturated heterocycles. The largest absolute Gasteiger partial charge is 0.306 e. The lowest BCUT2D eigenvalue weighted by Crippen LogP contribution is -2.27. The molecule has 1 unspecified atom stereocenters. The van der Waals surface area contributed by atoms with Gasteiger partial charge in [0.25, 0.3) is 0 Å². The van der Waals surface area contributed by atoms with Crippen molar-refractivity contribution in [3.63, 3.8) is 0 Å². The summed E-state index contributed by atoms with van der Waals surface area (Å²) in [5.74, 6) is 0. The van der Waals surface area contributed by atoms with Gasteiger partial charge < -0.3 is 4.90 Å². The first-order chi connectivity index (χ1) is 6.22. The van der Waals surface area contributed by atoms with Gasteiger partial charge in [-0.2, -0.15) is 0 Å². The van der Waals surface area contributed by atoms with E-state index in [0.29, 0.717) is 0 Å². The van der Waals surface area contributed by atoms with Gasteiger partial charge in [0.15, 0.2) is 0 Å². The molecule has 13 heavy (non-hydrogen) atoms. The highest BCUT2D eigenvalue weighted by molar-refractivity contribution is 4.65. The summed E-state index contributed by atoms with van der Waals surface area (Å²) in [5.41, 5.74) is 0. The summed E-state index contributed by atoms with van der Waals surface area (Å²) in [6, 6.07) is 0.825. The van der Waals surface area contributed by atoms with Gasteiger partial charge in [-0.1, -0.05) is 46.0 Å². The lowest BCUT2D eigenvalue weighted by molar-refractivity contribution is 0.253. The van der Waals surface area contributed by atoms with E-state index in [1.807, 2.05) is 0 Å². The Hall–Kier alpha value is -0.0400. The Bertz CT molecular complexity index is 99.3. The molecule has 80 valence electrons. The normalized spacial score (nSPS) is 13.6. The zero-order valence-electron chi connectivity index (χ0n) is 9.97. The van der Waals surface area contributed by atoms with Crippen molar-refractivity contribution < 1.29 is 0 Å². The molecule has 0 spiro atoms. The first-order valence-electron chi connectivity index (χ1n) is 5.88. The third-order valence-corrected chi connectivity index (χ3v) is 2.76. The van der Waals surface area contributed by atoms with Crippen molar-refractivity contribution in [2.75, 3.05) is 14.1 Å². The smallest absolute Gasteiger partial charge is 0.00891 e. The van der Waals surface area contributed by atoms with Crippen LogP contribution in [0, 0.1) is 0 Å². The van der Waals surface area contributed by atoms with E-state index in [0.717, 1.165) is 6.04 Å². The topological polar surface area (TPSA) is 3.24 Å². The predicted octanol–water partition coefficient (Wildman–Crippen LogP) is 3.69. The summed E-state index contributed by atoms with van der Waals surface area (Å²) in [5, 5.41) is 0. The highest BCUT2D eigenvalue weighted by atomic mass is 15.1. The van der Waals surface area contributed by atoms with Crippen LogP contribution in [0.4, 0.5) is 0 Å². The molecule has 0 aromatic rings. The van der Waals surface area contributed by atoms with Crippen molar-refractivity contribution in [3.8, 4) is 0 Å². The molecular formula is C12H27N. The minimum atomic E-state index is 0.825. The van der Waals surface area contributed by atoms with Crippen molar-refractivity contribution in [2.24, 2.45) is 0 Å². The van der Waals surface area contributed by atoms with Crippen molar-refractivity contribution in [1.82, 2.24) is 4.90 Å². The van der Waals surface area contributed by atoms with Crippen LogP contribution in [-0.4, -0.2) is 25.0 Å². The minimum Gasteiger partial charge on any atom is -0.306 e. The van der Waals surface area contributed by atoms with Crippen molar-refractivity contribution in [3.05, 3.63) is 0 Å². The molecule has 0 N–H and O–H groups in total. The molecule has 1 nitrogen and oxygen atoms in total. The van der Waals surface area contributed by atoms with Crippen LogP contribution in [0.2, 0.25) is 0 Å². The lowest BCUT2D eigenvalue weighted by atomic mass is 10.0. The summed E-state index contributed by atoms with van der Waals surface area (Å²) < 4.78 is 0. The number of unbranched alkanes of at least 4 members (excludes halogenated alkanes) is 3. The van der Waals surface area contributed by atoms with Crippen molar-refractivity contribution in [2.45, 2.75) is 64.8 Å². The van der Waals surface area contributed by atoms with E-state index in [4.69, 9.17) is 0 Å². The highest BCUT2D eigenvalue weighted by Gasteiger charge is 2.09. The Morgan fingerprint density at radius 3 is 1.85 bits per heavy atom. The summed E-state index contributed by atoms with van der Waals surface area (Å²) in [6.45, 7) is 4.55. The number of rotatable bonds is 8. The molecule has 0 aromatic heterocycles. The first kappa shape index (κ1) is 13.0. The summed E-state index contributed by atoms with van der Waals surface area (Å²) in [6.07, 6.45) is 9.63. The second-order valence-corrected chi connectivity index (χ2v) is 4.26. The maximum absolute atomic E-state index is 2.39. The Morgan fingerprint density at radius 1 is 0.846 bits per heavy atom. The fourth-order valence-corrected chi connectivity index (χ4v) is 1.73. The quantitative estimate of drug-likeness (QED) is 0.521. The average molecular weight is 185 g/mol. The minimum absolute atomic E-state index is 0.825. The molecule has 1 heteroatoms. The zero-order chi connectivity index (χ0) is 10.1. The van der Waals surface area contributed by atoms with E-state index in [1.165, 1.54) is 44.9 Å². The van der Waals surface area contributed by atoms with Crippen LogP contribution in [0.25, 0.3) is 0 Å². The molecule has 1 atom stereocenters. The van der Waals surface area contributed by atoms with E-state index in [9.17, 15) is 0 Å². The first-order valence-corrected chi connectivity index (χ1v) is 5.88. The molecule has 0 heterocycles. The second kappa shape index (κ2) is 8.55. The second-order valence-electron chi connectivity index (χ2n) is 4.26. The summed E-state index contributed by atoms with van der Waals surface area (Å²) in [7, 11) is 4.43. The van der Waals surface area contributed by atoms with Gasteiger partial charge in [0, 0.05) is 6.04 Å². The van der Waals surface area contributed by atoms with Crippen molar-refractivity contribution in [1.29, 1.82) is 0 Å². The third kappa shape index (κ3) is 7.06. The van der Waals surface area contributed by atoms with Crippen LogP contribution < -0.4 is 0 Å². The molecule has 0 saturated carbocycles. The Balaban J connectivity index is 3.54. The summed E-state index contributed by atoms with van der Waals surface area (Å²) in [4.78, 5) is 2.39. The molecule has 0 aromatic carbocycles. The van der Waals surface area contributed by atoms with Crippen LogP contribution in [0.5, 0.6) is 0 Å². The molecule has 0 radical (unpaired) electrons. The van der Waals surface area contributed by atoms with Crippen LogP contribution in [0.3, 0.4) is 0 Å². The van der Waals surface area contributed by atoms with Gasteiger partial charge in [-0.15, -0.1) is 0 Å². The molecule has 0 rings (SSSR count). The monoisotopic (exact) mass is 185 g/mol. The van der Waals surface area contributed by atoms with E-state index in [2.05, 4.69) is 32.8 Å². The average Bonchev–Trinajstić information content (AvgIpc) is 2.10. The zero-order valence-corrected chi connectivity index (χ0v) is 9.97. The Labute approximate surface area is 84.5 Å². The molecule has 0 fully saturated rings. The van der Waals surface area contributed by atoms with Gasteiger partial charge in [0.05, 0.1) is 0 Å². The van der Waals surface area contributed by atoms with Gasteiger partial charge in [-0.3, -0.25) is 0 Å². The summed E-state index contributed by atoms with van der Waals surface area (Å²) >= 11 is 0. The lowest BCUT2D eigenvalue weighted by Gasteiger charge is -2.24. The number of nitrogens with zero attached hydrogens (tertiary/aromatic N) is 1. The highest BCUT2D eigenvalue weighted by Crippen LogP contribution is 2.13. The Kier molecular flexibility index (Phi) is 8.53. The Morgan fingerprint density at radius 2 is 1.38 bits per heavy atom. The molecule has 0 aliphatic rings. The number of hydrogen-bond donors (Lipinski definition) is 0. The molecule has 0 aliphatic carbocycles. The SMILES string of the molecule is CCCCCC(CCCC)N(C)C. The van der Waals surface area contributed by atoms with Gasteiger partial charge in [-0.25, -0.2) is 0 Å².